The van der Waals surface area contributed by atoms with Gasteiger partial charge in [0.25, 0.3) is 0 Å². The summed E-state index contributed by atoms with van der Waals surface area (Å²) in [5, 5.41) is 7.25. The molecule has 0 amide bonds. The van der Waals surface area contributed by atoms with Gasteiger partial charge in [0, 0.05) is 25.2 Å². The van der Waals surface area contributed by atoms with E-state index >= 15 is 0 Å². The lowest BCUT2D eigenvalue weighted by Crippen LogP contribution is -2.33. The normalized spacial score (nSPS) is 27.3. The van der Waals surface area contributed by atoms with Gasteiger partial charge in [0.1, 0.15) is 0 Å². The van der Waals surface area contributed by atoms with Gasteiger partial charge in [0.05, 0.1) is 6.54 Å². The Balaban J connectivity index is 1.44. The molecule has 1 aliphatic carbocycles. The van der Waals surface area contributed by atoms with E-state index in [2.05, 4.69) is 24.9 Å². The first-order valence-electron chi connectivity index (χ1n) is 5.64. The number of likely N-dealkylation sites (tertiary alicyclic amines) is 1. The molecule has 0 bridgehead atoms. The summed E-state index contributed by atoms with van der Waals surface area (Å²) in [4.78, 5) is 6.58. The van der Waals surface area contributed by atoms with Crippen LogP contribution in [0.15, 0.2) is 10.9 Å². The van der Waals surface area contributed by atoms with Gasteiger partial charge in [-0.15, -0.1) is 0 Å². The molecule has 15 heavy (non-hydrogen) atoms. The maximum atomic E-state index is 4.69. The molecule has 1 aromatic rings. The number of rotatable bonds is 4. The zero-order chi connectivity index (χ0) is 10.1. The fourth-order valence-corrected chi connectivity index (χ4v) is 2.23. The second-order valence-corrected chi connectivity index (χ2v) is 4.44. The van der Waals surface area contributed by atoms with Crippen molar-refractivity contribution in [1.82, 2.24) is 20.4 Å². The Morgan fingerprint density at radius 3 is 3.13 bits per heavy atom. The molecule has 2 heterocycles. The molecule has 1 N–H and O–H groups in total. The summed E-state index contributed by atoms with van der Waals surface area (Å²) >= 11 is 0. The van der Waals surface area contributed by atoms with Crippen molar-refractivity contribution < 1.29 is 4.52 Å². The Morgan fingerprint density at radius 1 is 1.47 bits per heavy atom. The maximum Gasteiger partial charge on any atom is 0.213 e. The standard InChI is InChI=1S/C10H16N4O/c1-2-9(1)14-4-3-8(6-14)11-5-10-12-7-15-13-10/h7-9,11H,1-6H2. The highest BCUT2D eigenvalue weighted by Gasteiger charge is 2.34. The maximum absolute atomic E-state index is 4.69. The van der Waals surface area contributed by atoms with E-state index in [4.69, 9.17) is 0 Å². The monoisotopic (exact) mass is 208 g/mol. The molecular formula is C10H16N4O. The SMILES string of the molecule is c1nc(CNC2CCN(C3CC3)C2)no1. The van der Waals surface area contributed by atoms with Gasteiger partial charge in [0.15, 0.2) is 5.82 Å². The lowest BCUT2D eigenvalue weighted by atomic mass is 10.2. The van der Waals surface area contributed by atoms with E-state index in [-0.39, 0.29) is 0 Å². The second kappa shape index (κ2) is 3.90. The van der Waals surface area contributed by atoms with Crippen molar-refractivity contribution in [2.24, 2.45) is 0 Å². The molecule has 1 saturated heterocycles. The zero-order valence-electron chi connectivity index (χ0n) is 8.72. The molecule has 0 aromatic carbocycles. The van der Waals surface area contributed by atoms with Crippen molar-refractivity contribution in [3.05, 3.63) is 12.2 Å². The average Bonchev–Trinajstić information content (AvgIpc) is 2.82. The third-order valence-corrected chi connectivity index (χ3v) is 3.24. The smallest absolute Gasteiger partial charge is 0.213 e. The molecule has 1 saturated carbocycles. The Morgan fingerprint density at radius 2 is 2.40 bits per heavy atom. The Labute approximate surface area is 88.8 Å². The molecule has 5 heteroatoms. The van der Waals surface area contributed by atoms with E-state index in [0.717, 1.165) is 18.4 Å². The molecule has 1 atom stereocenters. The van der Waals surface area contributed by atoms with Crippen LogP contribution < -0.4 is 5.32 Å². The predicted molar refractivity (Wildman–Crippen MR) is 54.1 cm³/mol. The number of hydrogen-bond donors (Lipinski definition) is 1. The number of hydrogen-bond acceptors (Lipinski definition) is 5. The topological polar surface area (TPSA) is 54.2 Å². The first-order chi connectivity index (χ1) is 7.42. The lowest BCUT2D eigenvalue weighted by Gasteiger charge is -2.14. The average molecular weight is 208 g/mol. The molecule has 1 aromatic heterocycles. The summed E-state index contributed by atoms with van der Waals surface area (Å²) < 4.78 is 4.69. The summed E-state index contributed by atoms with van der Waals surface area (Å²) in [6.45, 7) is 3.15. The molecule has 1 aliphatic heterocycles. The zero-order valence-corrected chi connectivity index (χ0v) is 8.72. The number of nitrogens with one attached hydrogen (secondary N) is 1. The van der Waals surface area contributed by atoms with Crippen LogP contribution in [0.5, 0.6) is 0 Å². The van der Waals surface area contributed by atoms with Crippen molar-refractivity contribution in [2.45, 2.75) is 37.9 Å². The van der Waals surface area contributed by atoms with Gasteiger partial charge in [-0.3, -0.25) is 4.90 Å². The predicted octanol–water partition coefficient (Wildman–Crippen LogP) is 0.396. The van der Waals surface area contributed by atoms with E-state index in [1.54, 1.807) is 0 Å². The van der Waals surface area contributed by atoms with Gasteiger partial charge in [0.2, 0.25) is 6.39 Å². The van der Waals surface area contributed by atoms with Gasteiger partial charge < -0.3 is 9.84 Å². The third kappa shape index (κ3) is 2.18. The van der Waals surface area contributed by atoms with E-state index in [0.29, 0.717) is 6.04 Å². The van der Waals surface area contributed by atoms with Crippen LogP contribution in [-0.4, -0.2) is 40.2 Å². The Hall–Kier alpha value is -0.940. The molecule has 1 unspecified atom stereocenters. The van der Waals surface area contributed by atoms with E-state index in [9.17, 15) is 0 Å². The summed E-state index contributed by atoms with van der Waals surface area (Å²) in [6, 6.07) is 1.49. The van der Waals surface area contributed by atoms with Crippen molar-refractivity contribution in [3.63, 3.8) is 0 Å². The van der Waals surface area contributed by atoms with Crippen molar-refractivity contribution >= 4 is 0 Å². The summed E-state index contributed by atoms with van der Waals surface area (Å²) in [6.07, 6.45) is 5.42. The Kier molecular flexibility index (Phi) is 2.42. The minimum Gasteiger partial charge on any atom is -0.343 e. The quantitative estimate of drug-likeness (QED) is 0.776. The molecular weight excluding hydrogens is 192 g/mol. The van der Waals surface area contributed by atoms with Crippen LogP contribution in [0.25, 0.3) is 0 Å². The highest BCUT2D eigenvalue weighted by molar-refractivity contribution is 4.92. The van der Waals surface area contributed by atoms with Crippen LogP contribution in [-0.2, 0) is 6.54 Å². The molecule has 82 valence electrons. The van der Waals surface area contributed by atoms with Crippen LogP contribution >= 0.6 is 0 Å². The minimum atomic E-state index is 0.601. The van der Waals surface area contributed by atoms with Crippen LogP contribution in [0, 0.1) is 0 Å². The lowest BCUT2D eigenvalue weighted by molar-refractivity contribution is 0.316. The third-order valence-electron chi connectivity index (χ3n) is 3.24. The van der Waals surface area contributed by atoms with Crippen molar-refractivity contribution in [3.8, 4) is 0 Å². The highest BCUT2D eigenvalue weighted by Crippen LogP contribution is 2.29. The Bertz CT molecular complexity index is 309. The summed E-state index contributed by atoms with van der Waals surface area (Å²) in [5.74, 6) is 0.750. The molecule has 2 fully saturated rings. The fourth-order valence-electron chi connectivity index (χ4n) is 2.23. The molecule has 2 aliphatic rings. The van der Waals surface area contributed by atoms with Crippen molar-refractivity contribution in [2.75, 3.05) is 13.1 Å². The van der Waals surface area contributed by atoms with Gasteiger partial charge in [-0.1, -0.05) is 5.16 Å². The highest BCUT2D eigenvalue weighted by atomic mass is 16.5. The van der Waals surface area contributed by atoms with Gasteiger partial charge >= 0.3 is 0 Å². The van der Waals surface area contributed by atoms with Crippen LogP contribution in [0.1, 0.15) is 25.1 Å². The van der Waals surface area contributed by atoms with Crippen molar-refractivity contribution in [1.29, 1.82) is 0 Å². The minimum absolute atomic E-state index is 0.601. The number of aromatic nitrogens is 2. The molecule has 0 spiro atoms. The molecule has 0 radical (unpaired) electrons. The fraction of sp³-hybridized carbons (Fsp3) is 0.800. The second-order valence-electron chi connectivity index (χ2n) is 4.44. The largest absolute Gasteiger partial charge is 0.343 e. The number of nitrogens with zero attached hydrogens (tertiary/aromatic N) is 3. The summed E-state index contributed by atoms with van der Waals surface area (Å²) in [5.41, 5.74) is 0. The van der Waals surface area contributed by atoms with Gasteiger partial charge in [-0.05, 0) is 19.3 Å². The van der Waals surface area contributed by atoms with Crippen LogP contribution in [0.3, 0.4) is 0 Å². The van der Waals surface area contributed by atoms with E-state index in [1.165, 1.54) is 38.7 Å². The van der Waals surface area contributed by atoms with Gasteiger partial charge in [-0.2, -0.15) is 4.98 Å². The molecule has 3 rings (SSSR count). The van der Waals surface area contributed by atoms with E-state index in [1.807, 2.05) is 0 Å². The van der Waals surface area contributed by atoms with Crippen LogP contribution in [0.4, 0.5) is 0 Å². The molecule has 5 nitrogen and oxygen atoms in total. The first-order valence-corrected chi connectivity index (χ1v) is 5.64. The van der Waals surface area contributed by atoms with Gasteiger partial charge in [-0.25, -0.2) is 0 Å². The van der Waals surface area contributed by atoms with Crippen LogP contribution in [0.2, 0.25) is 0 Å². The first kappa shape index (κ1) is 9.30. The van der Waals surface area contributed by atoms with E-state index < -0.39 is 0 Å². The summed E-state index contributed by atoms with van der Waals surface area (Å²) in [7, 11) is 0.